The molecule has 1 aromatic heterocycles. The number of rotatable bonds is 6. The molecule has 1 aliphatic rings. The average molecular weight is 600 g/mol. The molecule has 0 radical (unpaired) electrons. The molecule has 3 aromatic carbocycles. The summed E-state index contributed by atoms with van der Waals surface area (Å²) in [6, 6.07) is 19.4. The fraction of sp³-hybridized carbons (Fsp3) is 0.192. The van der Waals surface area contributed by atoms with Gasteiger partial charge in [0.05, 0.1) is 34.5 Å². The van der Waals surface area contributed by atoms with Crippen molar-refractivity contribution >= 4 is 64.8 Å². The molecule has 0 atom stereocenters. The number of anilines is 1. The monoisotopic (exact) mass is 598 g/mol. The van der Waals surface area contributed by atoms with E-state index < -0.39 is 15.9 Å². The maximum absolute atomic E-state index is 13.6. The Bertz CT molecular complexity index is 1560. The van der Waals surface area contributed by atoms with Crippen molar-refractivity contribution in [3.05, 3.63) is 87.9 Å². The van der Waals surface area contributed by atoms with Crippen molar-refractivity contribution in [2.24, 2.45) is 5.10 Å². The molecule has 11 heteroatoms. The van der Waals surface area contributed by atoms with Gasteiger partial charge in [0.15, 0.2) is 0 Å². The lowest BCUT2D eigenvalue weighted by molar-refractivity contribution is 0.0730. The largest absolute Gasteiger partial charge is 0.379 e. The number of hydrazone groups is 1. The summed E-state index contributed by atoms with van der Waals surface area (Å²) in [4.78, 5) is 18.4. The van der Waals surface area contributed by atoms with Crippen LogP contribution >= 0.6 is 27.3 Å². The van der Waals surface area contributed by atoms with E-state index in [-0.39, 0.29) is 4.90 Å². The number of aromatic nitrogens is 1. The summed E-state index contributed by atoms with van der Waals surface area (Å²) in [5.74, 6) is -0.420. The van der Waals surface area contributed by atoms with Crippen molar-refractivity contribution in [1.29, 1.82) is 0 Å². The minimum Gasteiger partial charge on any atom is -0.379 e. The molecule has 0 saturated carbocycles. The Morgan fingerprint density at radius 1 is 1.08 bits per heavy atom. The van der Waals surface area contributed by atoms with E-state index in [4.69, 9.17) is 4.74 Å². The third kappa shape index (κ3) is 5.65. The number of benzene rings is 3. The second kappa shape index (κ2) is 10.8. The van der Waals surface area contributed by atoms with Gasteiger partial charge in [0.1, 0.15) is 0 Å². The average Bonchev–Trinajstić information content (AvgIpc) is 3.33. The molecular weight excluding hydrogens is 576 g/mol. The minimum absolute atomic E-state index is 0.130. The first-order valence-corrected chi connectivity index (χ1v) is 14.6. The van der Waals surface area contributed by atoms with Gasteiger partial charge in [-0.2, -0.15) is 14.4 Å². The lowest BCUT2D eigenvalue weighted by Crippen LogP contribution is -2.40. The molecule has 1 amide bonds. The lowest BCUT2D eigenvalue weighted by atomic mass is 10.2. The summed E-state index contributed by atoms with van der Waals surface area (Å²) in [7, 11) is -3.66. The standard InChI is InChI=1S/C26H23BrN4O4S2/c1-18-2-4-19(5-3-18)17-28-31(26-29-23-11-8-21(27)16-24(23)36-26)25(32)20-6-9-22(10-7-20)37(33,34)30-12-14-35-15-13-30/h2-11,16-17H,12-15H2,1H3/b28-17+. The minimum atomic E-state index is -3.66. The van der Waals surface area contributed by atoms with Crippen molar-refractivity contribution in [3.63, 3.8) is 0 Å². The van der Waals surface area contributed by atoms with Gasteiger partial charge in [-0.1, -0.05) is 57.1 Å². The number of hydrogen-bond donors (Lipinski definition) is 0. The van der Waals surface area contributed by atoms with Gasteiger partial charge in [0.2, 0.25) is 15.2 Å². The highest BCUT2D eigenvalue weighted by molar-refractivity contribution is 9.10. The smallest absolute Gasteiger partial charge is 0.280 e. The number of aryl methyl sites for hydroxylation is 1. The number of carbonyl (C=O) groups is 1. The molecule has 8 nitrogen and oxygen atoms in total. The highest BCUT2D eigenvalue weighted by Gasteiger charge is 2.27. The lowest BCUT2D eigenvalue weighted by Gasteiger charge is -2.26. The number of sulfonamides is 1. The van der Waals surface area contributed by atoms with Crippen LogP contribution in [0.5, 0.6) is 0 Å². The van der Waals surface area contributed by atoms with Crippen LogP contribution < -0.4 is 5.01 Å². The van der Waals surface area contributed by atoms with Gasteiger partial charge in [0, 0.05) is 23.1 Å². The van der Waals surface area contributed by atoms with Gasteiger partial charge >= 0.3 is 0 Å². The van der Waals surface area contributed by atoms with E-state index in [9.17, 15) is 13.2 Å². The molecule has 0 unspecified atom stereocenters. The van der Waals surface area contributed by atoms with Gasteiger partial charge in [0.25, 0.3) is 5.91 Å². The normalized spacial score (nSPS) is 14.9. The van der Waals surface area contributed by atoms with Crippen LogP contribution in [0.15, 0.2) is 81.2 Å². The highest BCUT2D eigenvalue weighted by atomic mass is 79.9. The Morgan fingerprint density at radius 3 is 2.49 bits per heavy atom. The number of thiazole rings is 1. The van der Waals surface area contributed by atoms with Gasteiger partial charge < -0.3 is 4.74 Å². The van der Waals surface area contributed by atoms with Crippen molar-refractivity contribution in [1.82, 2.24) is 9.29 Å². The zero-order valence-electron chi connectivity index (χ0n) is 19.9. The predicted octanol–water partition coefficient (Wildman–Crippen LogP) is 5.07. The van der Waals surface area contributed by atoms with E-state index in [1.807, 2.05) is 49.4 Å². The Morgan fingerprint density at radius 2 is 1.78 bits per heavy atom. The molecule has 5 rings (SSSR count). The molecule has 0 spiro atoms. The molecule has 0 N–H and O–H groups in total. The summed E-state index contributed by atoms with van der Waals surface area (Å²) in [5, 5.41) is 6.15. The van der Waals surface area contributed by atoms with E-state index in [1.54, 1.807) is 6.21 Å². The number of hydrogen-bond acceptors (Lipinski definition) is 7. The zero-order chi connectivity index (χ0) is 26.0. The van der Waals surface area contributed by atoms with Crippen LogP contribution in [0, 0.1) is 6.92 Å². The molecule has 0 bridgehead atoms. The van der Waals surface area contributed by atoms with Crippen molar-refractivity contribution in [3.8, 4) is 0 Å². The first-order valence-electron chi connectivity index (χ1n) is 11.5. The maximum Gasteiger partial charge on any atom is 0.280 e. The van der Waals surface area contributed by atoms with E-state index in [2.05, 4.69) is 26.0 Å². The van der Waals surface area contributed by atoms with Crippen LogP contribution in [0.3, 0.4) is 0 Å². The van der Waals surface area contributed by atoms with E-state index in [1.165, 1.54) is 44.9 Å². The Balaban J connectivity index is 1.47. The second-order valence-corrected chi connectivity index (χ2v) is 12.3. The molecule has 4 aromatic rings. The van der Waals surface area contributed by atoms with Crippen LogP contribution in [0.1, 0.15) is 21.5 Å². The van der Waals surface area contributed by atoms with Crippen molar-refractivity contribution < 1.29 is 17.9 Å². The quantitative estimate of drug-likeness (QED) is 0.228. The van der Waals surface area contributed by atoms with Crippen LogP contribution in [0.25, 0.3) is 10.2 Å². The fourth-order valence-corrected chi connectivity index (χ4v) is 6.65. The topological polar surface area (TPSA) is 92.2 Å². The molecule has 37 heavy (non-hydrogen) atoms. The summed E-state index contributed by atoms with van der Waals surface area (Å²) < 4.78 is 34.4. The van der Waals surface area contributed by atoms with Crippen LogP contribution in [0.4, 0.5) is 5.13 Å². The second-order valence-electron chi connectivity index (χ2n) is 8.42. The molecule has 1 fully saturated rings. The molecule has 2 heterocycles. The third-order valence-corrected chi connectivity index (χ3v) is 9.22. The summed E-state index contributed by atoms with van der Waals surface area (Å²) in [5.41, 5.74) is 2.99. The first-order chi connectivity index (χ1) is 17.8. The fourth-order valence-electron chi connectivity index (χ4n) is 3.77. The summed E-state index contributed by atoms with van der Waals surface area (Å²) >= 11 is 4.81. The Labute approximate surface area is 227 Å². The molecule has 0 aliphatic carbocycles. The number of amides is 1. The first kappa shape index (κ1) is 25.7. The van der Waals surface area contributed by atoms with Gasteiger partial charge in [-0.3, -0.25) is 4.79 Å². The zero-order valence-corrected chi connectivity index (χ0v) is 23.1. The number of nitrogens with zero attached hydrogens (tertiary/aromatic N) is 4. The van der Waals surface area contributed by atoms with Crippen molar-refractivity contribution in [2.75, 3.05) is 31.3 Å². The third-order valence-electron chi connectivity index (χ3n) is 5.82. The van der Waals surface area contributed by atoms with Gasteiger partial charge in [-0.25, -0.2) is 13.4 Å². The highest BCUT2D eigenvalue weighted by Crippen LogP contribution is 2.32. The number of fused-ring (bicyclic) bond motifs is 1. The summed E-state index contributed by atoms with van der Waals surface area (Å²) in [6.45, 7) is 3.33. The van der Waals surface area contributed by atoms with E-state index in [0.29, 0.717) is 37.0 Å². The number of morpholine rings is 1. The van der Waals surface area contributed by atoms with Crippen LogP contribution in [-0.2, 0) is 14.8 Å². The van der Waals surface area contributed by atoms with E-state index >= 15 is 0 Å². The van der Waals surface area contributed by atoms with E-state index in [0.717, 1.165) is 25.8 Å². The molecular formula is C26H23BrN4O4S2. The number of carbonyl (C=O) groups excluding carboxylic acids is 1. The van der Waals surface area contributed by atoms with Gasteiger partial charge in [-0.15, -0.1) is 0 Å². The van der Waals surface area contributed by atoms with Gasteiger partial charge in [-0.05, 0) is 55.0 Å². The Kier molecular flexibility index (Phi) is 7.50. The molecule has 190 valence electrons. The Hall–Kier alpha value is -2.96. The summed E-state index contributed by atoms with van der Waals surface area (Å²) in [6.07, 6.45) is 1.61. The number of ether oxygens (including phenoxy) is 1. The van der Waals surface area contributed by atoms with Crippen LogP contribution in [-0.4, -0.2) is 56.1 Å². The molecule has 1 saturated heterocycles. The SMILES string of the molecule is Cc1ccc(/C=N/N(C(=O)c2ccc(S(=O)(=O)N3CCOCC3)cc2)c2nc3ccc(Br)cc3s2)cc1. The molecule has 1 aliphatic heterocycles. The maximum atomic E-state index is 13.6. The van der Waals surface area contributed by atoms with Crippen LogP contribution in [0.2, 0.25) is 0 Å². The number of halogens is 1. The predicted molar refractivity (Wildman–Crippen MR) is 149 cm³/mol. The van der Waals surface area contributed by atoms with Crippen molar-refractivity contribution in [2.45, 2.75) is 11.8 Å².